The number of carbonyl (C=O) groups excluding carboxylic acids is 1. The number of halogens is 3. The highest BCUT2D eigenvalue weighted by atomic mass is 19.4. The van der Waals surface area contributed by atoms with E-state index >= 15 is 0 Å². The molecular weight excluding hydrogens is 269 g/mol. The molecule has 0 spiro atoms. The van der Waals surface area contributed by atoms with Crippen LogP contribution >= 0.6 is 0 Å². The van der Waals surface area contributed by atoms with Crippen molar-refractivity contribution in [2.45, 2.75) is 12.8 Å². The number of benzene rings is 2. The monoisotopic (exact) mass is 280 g/mol. The van der Waals surface area contributed by atoms with Crippen LogP contribution in [0.2, 0.25) is 0 Å². The first-order valence-corrected chi connectivity index (χ1v) is 5.86. The molecule has 2 nitrogen and oxygen atoms in total. The summed E-state index contributed by atoms with van der Waals surface area (Å²) in [7, 11) is 0. The van der Waals surface area contributed by atoms with Gasteiger partial charge in [0.1, 0.15) is 6.61 Å². The standard InChI is InChI=1S/C15H11F3O2/c16-15(17,18)13-9-5-4-8-12(13)14(19)20-10-11-6-2-1-3-7-11/h1-9H,10H2. The van der Waals surface area contributed by atoms with Crippen LogP contribution in [0, 0.1) is 0 Å². The fourth-order valence-electron chi connectivity index (χ4n) is 1.71. The van der Waals surface area contributed by atoms with Gasteiger partial charge in [-0.1, -0.05) is 42.5 Å². The molecule has 5 heteroatoms. The van der Waals surface area contributed by atoms with E-state index in [1.807, 2.05) is 0 Å². The van der Waals surface area contributed by atoms with Crippen molar-refractivity contribution in [1.82, 2.24) is 0 Å². The molecule has 0 unspecified atom stereocenters. The first-order chi connectivity index (χ1) is 9.48. The molecular formula is C15H11F3O2. The van der Waals surface area contributed by atoms with E-state index < -0.39 is 23.3 Å². The van der Waals surface area contributed by atoms with Crippen LogP contribution in [0.1, 0.15) is 21.5 Å². The van der Waals surface area contributed by atoms with E-state index in [2.05, 4.69) is 0 Å². The third kappa shape index (κ3) is 3.38. The van der Waals surface area contributed by atoms with Gasteiger partial charge in [0, 0.05) is 0 Å². The lowest BCUT2D eigenvalue weighted by atomic mass is 10.1. The summed E-state index contributed by atoms with van der Waals surface area (Å²) in [5.41, 5.74) is -0.751. The smallest absolute Gasteiger partial charge is 0.417 e. The maximum Gasteiger partial charge on any atom is 0.417 e. The molecule has 0 N–H and O–H groups in total. The second-order valence-electron chi connectivity index (χ2n) is 4.11. The summed E-state index contributed by atoms with van der Waals surface area (Å²) in [6.07, 6.45) is -4.58. The SMILES string of the molecule is O=C(OCc1ccccc1)c1ccccc1C(F)(F)F. The Morgan fingerprint density at radius 1 is 0.950 bits per heavy atom. The predicted octanol–water partition coefficient (Wildman–Crippen LogP) is 4.06. The Morgan fingerprint density at radius 2 is 1.55 bits per heavy atom. The highest BCUT2D eigenvalue weighted by molar-refractivity contribution is 5.91. The van der Waals surface area contributed by atoms with Gasteiger partial charge in [-0.15, -0.1) is 0 Å². The van der Waals surface area contributed by atoms with Crippen LogP contribution < -0.4 is 0 Å². The molecule has 0 saturated carbocycles. The molecule has 0 amide bonds. The highest BCUT2D eigenvalue weighted by Gasteiger charge is 2.35. The minimum Gasteiger partial charge on any atom is -0.457 e. The quantitative estimate of drug-likeness (QED) is 0.792. The molecule has 0 fully saturated rings. The molecule has 2 aromatic rings. The maximum absolute atomic E-state index is 12.8. The molecule has 0 atom stereocenters. The Hall–Kier alpha value is -2.30. The van der Waals surface area contributed by atoms with E-state index in [9.17, 15) is 18.0 Å². The van der Waals surface area contributed by atoms with Gasteiger partial charge >= 0.3 is 12.1 Å². The topological polar surface area (TPSA) is 26.3 Å². The average molecular weight is 280 g/mol. The fourth-order valence-corrected chi connectivity index (χ4v) is 1.71. The lowest BCUT2D eigenvalue weighted by Gasteiger charge is -2.12. The summed E-state index contributed by atoms with van der Waals surface area (Å²) in [4.78, 5) is 11.8. The Morgan fingerprint density at radius 3 is 2.20 bits per heavy atom. The third-order valence-electron chi connectivity index (χ3n) is 2.67. The van der Waals surface area contributed by atoms with Gasteiger partial charge in [0.25, 0.3) is 0 Å². The number of hydrogen-bond acceptors (Lipinski definition) is 2. The van der Waals surface area contributed by atoms with Gasteiger partial charge < -0.3 is 4.74 Å². The maximum atomic E-state index is 12.8. The molecule has 2 aromatic carbocycles. The Bertz CT molecular complexity index is 592. The van der Waals surface area contributed by atoms with E-state index in [0.717, 1.165) is 12.1 Å². The van der Waals surface area contributed by atoms with Crippen molar-refractivity contribution in [3.05, 3.63) is 71.3 Å². The van der Waals surface area contributed by atoms with Gasteiger partial charge in [0.05, 0.1) is 11.1 Å². The van der Waals surface area contributed by atoms with Crippen LogP contribution in [0.25, 0.3) is 0 Å². The van der Waals surface area contributed by atoms with Crippen molar-refractivity contribution < 1.29 is 22.7 Å². The average Bonchev–Trinajstić information content (AvgIpc) is 2.45. The molecule has 20 heavy (non-hydrogen) atoms. The van der Waals surface area contributed by atoms with Crippen LogP contribution in [-0.4, -0.2) is 5.97 Å². The van der Waals surface area contributed by atoms with E-state index in [-0.39, 0.29) is 6.61 Å². The molecule has 104 valence electrons. The van der Waals surface area contributed by atoms with Gasteiger partial charge in [-0.05, 0) is 17.7 Å². The van der Waals surface area contributed by atoms with Crippen molar-refractivity contribution >= 4 is 5.97 Å². The minimum atomic E-state index is -4.58. The summed E-state index contributed by atoms with van der Waals surface area (Å²) in [6, 6.07) is 13.3. The molecule has 0 aliphatic carbocycles. The van der Waals surface area contributed by atoms with E-state index in [1.54, 1.807) is 30.3 Å². The van der Waals surface area contributed by atoms with Crippen LogP contribution in [0.15, 0.2) is 54.6 Å². The lowest BCUT2D eigenvalue weighted by Crippen LogP contribution is -2.14. The zero-order chi connectivity index (χ0) is 14.6. The fraction of sp³-hybridized carbons (Fsp3) is 0.133. The number of alkyl halides is 3. The normalized spacial score (nSPS) is 11.2. The number of carbonyl (C=O) groups is 1. The number of rotatable bonds is 3. The molecule has 0 aliphatic rings. The summed E-state index contributed by atoms with van der Waals surface area (Å²) >= 11 is 0. The molecule has 0 aliphatic heterocycles. The Labute approximate surface area is 113 Å². The third-order valence-corrected chi connectivity index (χ3v) is 2.67. The van der Waals surface area contributed by atoms with E-state index in [1.165, 1.54) is 12.1 Å². The van der Waals surface area contributed by atoms with Crippen LogP contribution in [0.3, 0.4) is 0 Å². The van der Waals surface area contributed by atoms with Crippen molar-refractivity contribution in [2.75, 3.05) is 0 Å². The van der Waals surface area contributed by atoms with Crippen LogP contribution in [0.4, 0.5) is 13.2 Å². The second kappa shape index (κ2) is 5.77. The highest BCUT2D eigenvalue weighted by Crippen LogP contribution is 2.32. The lowest BCUT2D eigenvalue weighted by molar-refractivity contribution is -0.138. The van der Waals surface area contributed by atoms with Crippen molar-refractivity contribution in [2.24, 2.45) is 0 Å². The van der Waals surface area contributed by atoms with Gasteiger partial charge in [0.15, 0.2) is 0 Å². The largest absolute Gasteiger partial charge is 0.457 e. The second-order valence-corrected chi connectivity index (χ2v) is 4.11. The zero-order valence-electron chi connectivity index (χ0n) is 10.4. The van der Waals surface area contributed by atoms with Gasteiger partial charge in [-0.25, -0.2) is 4.79 Å². The van der Waals surface area contributed by atoms with Gasteiger partial charge in [-0.2, -0.15) is 13.2 Å². The molecule has 0 aromatic heterocycles. The van der Waals surface area contributed by atoms with E-state index in [0.29, 0.717) is 5.56 Å². The Kier molecular flexibility index (Phi) is 4.08. The number of esters is 1. The van der Waals surface area contributed by atoms with Crippen molar-refractivity contribution in [3.63, 3.8) is 0 Å². The van der Waals surface area contributed by atoms with Gasteiger partial charge in [0.2, 0.25) is 0 Å². The minimum absolute atomic E-state index is 0.0636. The summed E-state index contributed by atoms with van der Waals surface area (Å²) in [6.45, 7) is -0.0636. The number of ether oxygens (including phenoxy) is 1. The predicted molar refractivity (Wildman–Crippen MR) is 67.0 cm³/mol. The van der Waals surface area contributed by atoms with Crippen molar-refractivity contribution in [3.8, 4) is 0 Å². The molecule has 2 rings (SSSR count). The summed E-state index contributed by atoms with van der Waals surface area (Å²) < 4.78 is 43.2. The van der Waals surface area contributed by atoms with Gasteiger partial charge in [-0.3, -0.25) is 0 Å². The Balaban J connectivity index is 2.14. The summed E-state index contributed by atoms with van der Waals surface area (Å²) in [5.74, 6) is -0.984. The molecule has 0 saturated heterocycles. The van der Waals surface area contributed by atoms with Crippen LogP contribution in [0.5, 0.6) is 0 Å². The first kappa shape index (κ1) is 14.1. The molecule has 0 bridgehead atoms. The first-order valence-electron chi connectivity index (χ1n) is 5.86. The van der Waals surface area contributed by atoms with E-state index in [4.69, 9.17) is 4.74 Å². The van der Waals surface area contributed by atoms with Crippen molar-refractivity contribution in [1.29, 1.82) is 0 Å². The van der Waals surface area contributed by atoms with Crippen LogP contribution in [-0.2, 0) is 17.5 Å². The molecule has 0 radical (unpaired) electrons. The zero-order valence-corrected chi connectivity index (χ0v) is 10.4. The molecule has 0 heterocycles. The summed E-state index contributed by atoms with van der Waals surface area (Å²) in [5, 5.41) is 0. The number of hydrogen-bond donors (Lipinski definition) is 0.